The number of nitrogens with zero attached hydrogens (tertiary/aromatic N) is 1. The molecule has 0 saturated heterocycles. The van der Waals surface area contributed by atoms with E-state index in [9.17, 15) is 4.79 Å². The number of hydrogen-bond donors (Lipinski definition) is 0. The second kappa shape index (κ2) is 4.91. The Morgan fingerprint density at radius 2 is 1.62 bits per heavy atom. The van der Waals surface area contributed by atoms with E-state index in [1.54, 1.807) is 36.4 Å². The first-order valence-electron chi connectivity index (χ1n) is 4.70. The van der Waals surface area contributed by atoms with Crippen LogP contribution in [0.25, 0.3) is 0 Å². The molecule has 0 aliphatic heterocycles. The SMILES string of the molecule is O=C=Nc1ccc(Oc2cc[c]cc2)cc1. The molecule has 3 nitrogen and oxygen atoms in total. The van der Waals surface area contributed by atoms with Crippen LogP contribution in [0.1, 0.15) is 0 Å². The van der Waals surface area contributed by atoms with Crippen molar-refractivity contribution in [1.82, 2.24) is 0 Å². The Bertz CT molecular complexity index is 499. The minimum atomic E-state index is 0.559. The zero-order valence-electron chi connectivity index (χ0n) is 8.38. The van der Waals surface area contributed by atoms with Gasteiger partial charge in [0.25, 0.3) is 0 Å². The molecule has 0 amide bonds. The third kappa shape index (κ3) is 2.56. The standard InChI is InChI=1S/C13H8NO2/c15-10-14-11-6-8-13(9-7-11)16-12-4-2-1-3-5-12/h2-9H. The van der Waals surface area contributed by atoms with Crippen LogP contribution in [-0.2, 0) is 4.79 Å². The molecule has 0 atom stereocenters. The van der Waals surface area contributed by atoms with Crippen molar-refractivity contribution in [3.05, 3.63) is 54.6 Å². The van der Waals surface area contributed by atoms with Crippen LogP contribution >= 0.6 is 0 Å². The monoisotopic (exact) mass is 210 g/mol. The van der Waals surface area contributed by atoms with E-state index in [4.69, 9.17) is 4.74 Å². The average Bonchev–Trinajstić information content (AvgIpc) is 2.33. The molecule has 3 heteroatoms. The fourth-order valence-electron chi connectivity index (χ4n) is 1.22. The van der Waals surface area contributed by atoms with Crippen molar-refractivity contribution in [3.8, 4) is 11.5 Å². The lowest BCUT2D eigenvalue weighted by Crippen LogP contribution is -1.82. The number of carbonyl (C=O) groups excluding carboxylic acids is 1. The second-order valence-electron chi connectivity index (χ2n) is 3.03. The van der Waals surface area contributed by atoms with Gasteiger partial charge in [0.1, 0.15) is 11.5 Å². The normalized spacial score (nSPS) is 9.25. The highest BCUT2D eigenvalue weighted by Crippen LogP contribution is 2.23. The maximum Gasteiger partial charge on any atom is 0.240 e. The molecule has 0 spiro atoms. The van der Waals surface area contributed by atoms with Crippen molar-refractivity contribution >= 4 is 11.8 Å². The first-order valence-corrected chi connectivity index (χ1v) is 4.70. The molecule has 0 aromatic heterocycles. The fourth-order valence-corrected chi connectivity index (χ4v) is 1.22. The van der Waals surface area contributed by atoms with Crippen LogP contribution < -0.4 is 4.74 Å². The molecule has 0 aliphatic rings. The topological polar surface area (TPSA) is 38.7 Å². The Balaban J connectivity index is 2.14. The molecule has 0 bridgehead atoms. The van der Waals surface area contributed by atoms with Gasteiger partial charge < -0.3 is 4.74 Å². The molecule has 0 unspecified atom stereocenters. The van der Waals surface area contributed by atoms with Crippen molar-refractivity contribution in [2.24, 2.45) is 4.99 Å². The third-order valence-electron chi connectivity index (χ3n) is 1.93. The average molecular weight is 210 g/mol. The molecular formula is C13H8NO2. The Labute approximate surface area is 93.0 Å². The van der Waals surface area contributed by atoms with Gasteiger partial charge in [-0.25, -0.2) is 4.79 Å². The van der Waals surface area contributed by atoms with Crippen LogP contribution in [-0.4, -0.2) is 6.08 Å². The van der Waals surface area contributed by atoms with Gasteiger partial charge in [-0.05, 0) is 42.5 Å². The molecule has 1 radical (unpaired) electrons. The second-order valence-corrected chi connectivity index (χ2v) is 3.03. The Kier molecular flexibility index (Phi) is 3.12. The zero-order chi connectivity index (χ0) is 11.2. The Morgan fingerprint density at radius 1 is 1.00 bits per heavy atom. The lowest BCUT2D eigenvalue weighted by Gasteiger charge is -2.04. The van der Waals surface area contributed by atoms with E-state index in [-0.39, 0.29) is 0 Å². The lowest BCUT2D eigenvalue weighted by molar-refractivity contribution is 0.482. The van der Waals surface area contributed by atoms with E-state index in [2.05, 4.69) is 11.1 Å². The molecule has 2 aromatic carbocycles. The number of isocyanates is 1. The highest BCUT2D eigenvalue weighted by atomic mass is 16.5. The first-order chi connectivity index (χ1) is 7.88. The first kappa shape index (κ1) is 10.1. The van der Waals surface area contributed by atoms with Crippen LogP contribution in [0.4, 0.5) is 5.69 Å². The van der Waals surface area contributed by atoms with Crippen molar-refractivity contribution in [2.75, 3.05) is 0 Å². The molecule has 2 aromatic rings. The smallest absolute Gasteiger partial charge is 0.240 e. The van der Waals surface area contributed by atoms with Gasteiger partial charge in [0.2, 0.25) is 6.08 Å². The van der Waals surface area contributed by atoms with Gasteiger partial charge in [0.15, 0.2) is 0 Å². The molecular weight excluding hydrogens is 202 g/mol. The van der Waals surface area contributed by atoms with E-state index in [0.29, 0.717) is 11.4 Å². The Hall–Kier alpha value is -2.38. The van der Waals surface area contributed by atoms with Gasteiger partial charge in [-0.3, -0.25) is 0 Å². The summed E-state index contributed by atoms with van der Waals surface area (Å²) in [5.41, 5.74) is 0.559. The van der Waals surface area contributed by atoms with Gasteiger partial charge >= 0.3 is 0 Å². The van der Waals surface area contributed by atoms with E-state index < -0.39 is 0 Å². The third-order valence-corrected chi connectivity index (χ3v) is 1.93. The highest BCUT2D eigenvalue weighted by Gasteiger charge is 1.96. The summed E-state index contributed by atoms with van der Waals surface area (Å²) in [4.78, 5) is 13.5. The minimum absolute atomic E-state index is 0.559. The van der Waals surface area contributed by atoms with Crippen LogP contribution in [0.15, 0.2) is 53.5 Å². The predicted molar refractivity (Wildman–Crippen MR) is 59.6 cm³/mol. The summed E-state index contributed by atoms with van der Waals surface area (Å²) >= 11 is 0. The van der Waals surface area contributed by atoms with Gasteiger partial charge in [-0.2, -0.15) is 4.99 Å². The molecule has 0 N–H and O–H groups in total. The number of hydrogen-bond acceptors (Lipinski definition) is 3. The largest absolute Gasteiger partial charge is 0.457 e. The lowest BCUT2D eigenvalue weighted by atomic mass is 10.3. The summed E-state index contributed by atoms with van der Waals surface area (Å²) < 4.78 is 5.55. The molecule has 2 rings (SSSR count). The molecule has 0 heterocycles. The van der Waals surface area contributed by atoms with Crippen molar-refractivity contribution in [3.63, 3.8) is 0 Å². The van der Waals surface area contributed by atoms with Crippen molar-refractivity contribution in [2.45, 2.75) is 0 Å². The number of aliphatic imine (C=N–C) groups is 1. The summed E-state index contributed by atoms with van der Waals surface area (Å²) in [6, 6.07) is 17.0. The summed E-state index contributed by atoms with van der Waals surface area (Å²) in [6.07, 6.45) is 1.48. The van der Waals surface area contributed by atoms with Crippen molar-refractivity contribution < 1.29 is 9.53 Å². The number of benzene rings is 2. The molecule has 16 heavy (non-hydrogen) atoms. The quantitative estimate of drug-likeness (QED) is 0.576. The van der Waals surface area contributed by atoms with E-state index >= 15 is 0 Å². The van der Waals surface area contributed by atoms with Gasteiger partial charge in [-0.15, -0.1) is 0 Å². The molecule has 77 valence electrons. The van der Waals surface area contributed by atoms with Gasteiger partial charge in [0.05, 0.1) is 5.69 Å². The van der Waals surface area contributed by atoms with Crippen LogP contribution in [0, 0.1) is 6.07 Å². The van der Waals surface area contributed by atoms with Crippen LogP contribution in [0.2, 0.25) is 0 Å². The highest BCUT2D eigenvalue weighted by molar-refractivity contribution is 5.50. The Morgan fingerprint density at radius 3 is 2.25 bits per heavy atom. The van der Waals surface area contributed by atoms with E-state index in [1.165, 1.54) is 6.08 Å². The van der Waals surface area contributed by atoms with E-state index in [1.807, 2.05) is 12.1 Å². The predicted octanol–water partition coefficient (Wildman–Crippen LogP) is 3.25. The maximum atomic E-state index is 10.0. The van der Waals surface area contributed by atoms with Crippen molar-refractivity contribution in [1.29, 1.82) is 0 Å². The summed E-state index contributed by atoms with van der Waals surface area (Å²) in [5, 5.41) is 0. The van der Waals surface area contributed by atoms with Crippen LogP contribution in [0.3, 0.4) is 0 Å². The zero-order valence-corrected chi connectivity index (χ0v) is 8.38. The molecule has 0 fully saturated rings. The van der Waals surface area contributed by atoms with E-state index in [0.717, 1.165) is 5.75 Å². The summed E-state index contributed by atoms with van der Waals surface area (Å²) in [6.45, 7) is 0. The number of ether oxygens (including phenoxy) is 1. The summed E-state index contributed by atoms with van der Waals surface area (Å²) in [7, 11) is 0. The minimum Gasteiger partial charge on any atom is -0.457 e. The van der Waals surface area contributed by atoms with Crippen LogP contribution in [0.5, 0.6) is 11.5 Å². The fraction of sp³-hybridized carbons (Fsp3) is 0. The van der Waals surface area contributed by atoms with Gasteiger partial charge in [-0.1, -0.05) is 12.1 Å². The maximum absolute atomic E-state index is 10.0. The summed E-state index contributed by atoms with van der Waals surface area (Å²) in [5.74, 6) is 1.43. The molecule has 0 aliphatic carbocycles. The number of rotatable bonds is 3. The molecule has 0 saturated carbocycles. The van der Waals surface area contributed by atoms with Gasteiger partial charge in [0, 0.05) is 0 Å².